The minimum Gasteiger partial charge on any atom is -0.391 e. The second kappa shape index (κ2) is 7.35. The summed E-state index contributed by atoms with van der Waals surface area (Å²) < 4.78 is 13.1. The normalized spacial score (nSPS) is 19.6. The van der Waals surface area contributed by atoms with Crippen molar-refractivity contribution in [1.82, 2.24) is 10.2 Å². The van der Waals surface area contributed by atoms with Crippen LogP contribution in [0.25, 0.3) is 0 Å². The van der Waals surface area contributed by atoms with Gasteiger partial charge in [0.2, 0.25) is 5.91 Å². The average molecular weight is 308 g/mol. The van der Waals surface area contributed by atoms with Crippen molar-refractivity contribution in [3.05, 3.63) is 35.6 Å². The van der Waals surface area contributed by atoms with E-state index in [1.807, 2.05) is 0 Å². The van der Waals surface area contributed by atoms with Crippen LogP contribution in [0.3, 0.4) is 0 Å². The predicted molar refractivity (Wildman–Crippen MR) is 79.8 cm³/mol. The molecule has 0 radical (unpaired) electrons. The van der Waals surface area contributed by atoms with Crippen LogP contribution < -0.4 is 5.32 Å². The molecule has 2 atom stereocenters. The van der Waals surface area contributed by atoms with Gasteiger partial charge in [-0.05, 0) is 44.4 Å². The molecule has 0 spiro atoms. The summed E-state index contributed by atoms with van der Waals surface area (Å²) >= 11 is 0. The maximum atomic E-state index is 13.1. The first-order valence-corrected chi connectivity index (χ1v) is 7.50. The lowest BCUT2D eigenvalue weighted by atomic mass is 9.98. The van der Waals surface area contributed by atoms with Crippen LogP contribution >= 0.6 is 0 Å². The van der Waals surface area contributed by atoms with E-state index in [0.717, 1.165) is 25.3 Å². The summed E-state index contributed by atoms with van der Waals surface area (Å²) in [5, 5.41) is 12.3. The van der Waals surface area contributed by atoms with Crippen molar-refractivity contribution in [2.24, 2.45) is 0 Å². The Balaban J connectivity index is 1.92. The maximum absolute atomic E-state index is 13.1. The monoisotopic (exact) mass is 308 g/mol. The molecule has 6 heteroatoms. The summed E-state index contributed by atoms with van der Waals surface area (Å²) in [6.07, 6.45) is 2.05. The third kappa shape index (κ3) is 4.04. The Bertz CT molecular complexity index is 548. The quantitative estimate of drug-likeness (QED) is 0.881. The Labute approximate surface area is 129 Å². The van der Waals surface area contributed by atoms with Gasteiger partial charge in [0.1, 0.15) is 5.82 Å². The Morgan fingerprint density at radius 3 is 2.91 bits per heavy atom. The van der Waals surface area contributed by atoms with E-state index in [4.69, 9.17) is 0 Å². The van der Waals surface area contributed by atoms with Crippen molar-refractivity contribution in [1.29, 1.82) is 0 Å². The zero-order chi connectivity index (χ0) is 16.1. The second-order valence-corrected chi connectivity index (χ2v) is 5.58. The molecule has 5 nitrogen and oxygen atoms in total. The minimum absolute atomic E-state index is 0.154. The number of aliphatic hydroxyl groups excluding tert-OH is 1. The Morgan fingerprint density at radius 1 is 1.45 bits per heavy atom. The van der Waals surface area contributed by atoms with Crippen molar-refractivity contribution in [3.8, 4) is 0 Å². The maximum Gasteiger partial charge on any atom is 0.251 e. The van der Waals surface area contributed by atoms with Gasteiger partial charge in [0.25, 0.3) is 5.91 Å². The lowest BCUT2D eigenvalue weighted by Crippen LogP contribution is -2.51. The van der Waals surface area contributed by atoms with E-state index in [0.29, 0.717) is 6.54 Å². The number of carbonyl (C=O) groups excluding carboxylic acids is 2. The largest absolute Gasteiger partial charge is 0.391 e. The van der Waals surface area contributed by atoms with Gasteiger partial charge in [0.05, 0.1) is 18.7 Å². The first-order valence-electron chi connectivity index (χ1n) is 7.50. The molecule has 2 N–H and O–H groups in total. The van der Waals surface area contributed by atoms with E-state index in [1.54, 1.807) is 11.8 Å². The summed E-state index contributed by atoms with van der Waals surface area (Å²) in [7, 11) is 0. The van der Waals surface area contributed by atoms with Crippen molar-refractivity contribution in [3.63, 3.8) is 0 Å². The molecular formula is C16H21FN2O3. The number of aliphatic hydroxyl groups is 1. The molecule has 0 aliphatic carbocycles. The lowest BCUT2D eigenvalue weighted by molar-refractivity contribution is -0.136. The third-order valence-corrected chi connectivity index (χ3v) is 3.91. The van der Waals surface area contributed by atoms with Crippen LogP contribution in [0.4, 0.5) is 4.39 Å². The number of piperidine rings is 1. The molecule has 1 saturated heterocycles. The lowest BCUT2D eigenvalue weighted by Gasteiger charge is -2.37. The highest BCUT2D eigenvalue weighted by atomic mass is 19.1. The predicted octanol–water partition coefficient (Wildman–Crippen LogP) is 1.32. The van der Waals surface area contributed by atoms with E-state index < -0.39 is 17.8 Å². The van der Waals surface area contributed by atoms with Crippen molar-refractivity contribution in [2.75, 3.05) is 13.1 Å². The van der Waals surface area contributed by atoms with Crippen molar-refractivity contribution >= 4 is 11.8 Å². The van der Waals surface area contributed by atoms with Crippen LogP contribution in [0.15, 0.2) is 24.3 Å². The second-order valence-electron chi connectivity index (χ2n) is 5.58. The average Bonchev–Trinajstić information content (AvgIpc) is 2.52. The van der Waals surface area contributed by atoms with E-state index in [9.17, 15) is 19.1 Å². The Morgan fingerprint density at radius 2 is 2.23 bits per heavy atom. The van der Waals surface area contributed by atoms with Gasteiger partial charge in [-0.25, -0.2) is 4.39 Å². The molecule has 120 valence electrons. The van der Waals surface area contributed by atoms with E-state index in [2.05, 4.69) is 5.32 Å². The zero-order valence-corrected chi connectivity index (χ0v) is 12.6. The fourth-order valence-corrected chi connectivity index (χ4v) is 2.76. The number of nitrogens with zero attached hydrogens (tertiary/aromatic N) is 1. The summed E-state index contributed by atoms with van der Waals surface area (Å²) in [5.74, 6) is -1.21. The van der Waals surface area contributed by atoms with Crippen LogP contribution in [0.5, 0.6) is 0 Å². The number of hydrogen-bond acceptors (Lipinski definition) is 3. The van der Waals surface area contributed by atoms with Gasteiger partial charge in [-0.1, -0.05) is 6.07 Å². The summed E-state index contributed by atoms with van der Waals surface area (Å²) in [5.41, 5.74) is 0.179. The molecule has 0 bridgehead atoms. The number of rotatable bonds is 4. The number of carbonyl (C=O) groups is 2. The number of hydrogen-bond donors (Lipinski definition) is 2. The highest BCUT2D eigenvalue weighted by Crippen LogP contribution is 2.19. The summed E-state index contributed by atoms with van der Waals surface area (Å²) in [6, 6.07) is 5.11. The van der Waals surface area contributed by atoms with Crippen LogP contribution in [-0.2, 0) is 4.79 Å². The molecule has 1 heterocycles. The van der Waals surface area contributed by atoms with Crippen LogP contribution in [0.1, 0.15) is 36.5 Å². The zero-order valence-electron chi connectivity index (χ0n) is 12.6. The molecule has 2 amide bonds. The van der Waals surface area contributed by atoms with Gasteiger partial charge in [0.15, 0.2) is 0 Å². The Kier molecular flexibility index (Phi) is 5.49. The number of halogens is 1. The summed E-state index contributed by atoms with van der Waals surface area (Å²) in [4.78, 5) is 25.8. The van der Waals surface area contributed by atoms with Gasteiger partial charge in [-0.2, -0.15) is 0 Å². The number of likely N-dealkylation sites (tertiary alicyclic amines) is 1. The smallest absolute Gasteiger partial charge is 0.251 e. The first-order chi connectivity index (χ1) is 10.5. The van der Waals surface area contributed by atoms with Gasteiger partial charge in [0, 0.05) is 12.1 Å². The molecule has 0 aromatic heterocycles. The van der Waals surface area contributed by atoms with Crippen LogP contribution in [-0.4, -0.2) is 47.1 Å². The fourth-order valence-electron chi connectivity index (χ4n) is 2.76. The van der Waals surface area contributed by atoms with Gasteiger partial charge < -0.3 is 15.3 Å². The molecule has 1 aromatic rings. The summed E-state index contributed by atoms with van der Waals surface area (Å²) in [6.45, 7) is 2.10. The van der Waals surface area contributed by atoms with Crippen molar-refractivity contribution < 1.29 is 19.1 Å². The SMILES string of the molecule is C[C@@H](O)[C@@H]1CCCCN1C(=O)CNC(=O)c1cccc(F)c1. The van der Waals surface area contributed by atoms with Gasteiger partial charge in [-0.15, -0.1) is 0 Å². The highest BCUT2D eigenvalue weighted by Gasteiger charge is 2.29. The molecule has 0 unspecified atom stereocenters. The molecule has 1 aromatic carbocycles. The van der Waals surface area contributed by atoms with Crippen LogP contribution in [0.2, 0.25) is 0 Å². The highest BCUT2D eigenvalue weighted by molar-refractivity contribution is 5.96. The van der Waals surface area contributed by atoms with E-state index >= 15 is 0 Å². The fraction of sp³-hybridized carbons (Fsp3) is 0.500. The molecule has 1 aliphatic rings. The Hall–Kier alpha value is -1.95. The van der Waals surface area contributed by atoms with Gasteiger partial charge >= 0.3 is 0 Å². The van der Waals surface area contributed by atoms with Crippen LogP contribution in [0, 0.1) is 5.82 Å². The number of nitrogens with one attached hydrogen (secondary N) is 1. The number of amides is 2. The third-order valence-electron chi connectivity index (χ3n) is 3.91. The standard InChI is InChI=1S/C16H21FN2O3/c1-11(20)14-7-2-3-8-19(14)15(21)10-18-16(22)12-5-4-6-13(17)9-12/h4-6,9,11,14,20H,2-3,7-8,10H2,1H3,(H,18,22)/t11-,14+/m1/s1. The molecule has 1 aliphatic heterocycles. The van der Waals surface area contributed by atoms with E-state index in [1.165, 1.54) is 18.2 Å². The molecule has 22 heavy (non-hydrogen) atoms. The minimum atomic E-state index is -0.594. The molecular weight excluding hydrogens is 287 g/mol. The first kappa shape index (κ1) is 16.4. The van der Waals surface area contributed by atoms with Gasteiger partial charge in [-0.3, -0.25) is 9.59 Å². The topological polar surface area (TPSA) is 69.6 Å². The number of benzene rings is 1. The molecule has 1 fully saturated rings. The van der Waals surface area contributed by atoms with Crippen molar-refractivity contribution in [2.45, 2.75) is 38.3 Å². The van der Waals surface area contributed by atoms with E-state index in [-0.39, 0.29) is 24.1 Å². The molecule has 2 rings (SSSR count). The molecule has 0 saturated carbocycles.